The van der Waals surface area contributed by atoms with E-state index in [0.29, 0.717) is 11.3 Å². The maximum absolute atomic E-state index is 12.2. The number of rotatable bonds is 7. The fourth-order valence-corrected chi connectivity index (χ4v) is 3.76. The largest absolute Gasteiger partial charge is 0.507 e. The highest BCUT2D eigenvalue weighted by atomic mass is 16.5. The standard InChI is InChI=1S/C28H26N2O3/c1-28(2,21-9-4-3-5-10-21)22-13-15-23(16-14-22)33-19-27(32)30-29-18-25-24-11-7-6-8-20(24)12-17-26(25)31/h3-18,31H,19H2,1-2H3,(H,30,32)/b29-18+. The Balaban J connectivity index is 1.35. The van der Waals surface area contributed by atoms with E-state index in [1.165, 1.54) is 11.8 Å². The first kappa shape index (κ1) is 22.1. The summed E-state index contributed by atoms with van der Waals surface area (Å²) in [6.07, 6.45) is 1.44. The number of nitrogens with one attached hydrogen (secondary N) is 1. The Morgan fingerprint density at radius 1 is 0.909 bits per heavy atom. The summed E-state index contributed by atoms with van der Waals surface area (Å²) in [5.74, 6) is 0.314. The van der Waals surface area contributed by atoms with Crippen LogP contribution in [0.3, 0.4) is 0 Å². The van der Waals surface area contributed by atoms with Crippen LogP contribution in [-0.2, 0) is 10.2 Å². The molecule has 0 saturated heterocycles. The number of hydrogen-bond acceptors (Lipinski definition) is 4. The Morgan fingerprint density at radius 2 is 1.58 bits per heavy atom. The molecule has 166 valence electrons. The van der Waals surface area contributed by atoms with Crippen molar-refractivity contribution >= 4 is 22.9 Å². The number of carbonyl (C=O) groups excluding carboxylic acids is 1. The van der Waals surface area contributed by atoms with Crippen molar-refractivity contribution in [3.63, 3.8) is 0 Å². The molecule has 33 heavy (non-hydrogen) atoms. The van der Waals surface area contributed by atoms with Gasteiger partial charge in [0.05, 0.1) is 6.21 Å². The van der Waals surface area contributed by atoms with Crippen LogP contribution in [-0.4, -0.2) is 23.8 Å². The second-order valence-electron chi connectivity index (χ2n) is 8.32. The van der Waals surface area contributed by atoms with Gasteiger partial charge in [-0.1, -0.05) is 86.6 Å². The zero-order valence-electron chi connectivity index (χ0n) is 18.7. The predicted molar refractivity (Wildman–Crippen MR) is 132 cm³/mol. The molecule has 1 amide bonds. The molecule has 0 saturated carbocycles. The minimum atomic E-state index is -0.389. The Morgan fingerprint density at radius 3 is 2.33 bits per heavy atom. The van der Waals surface area contributed by atoms with E-state index >= 15 is 0 Å². The molecular formula is C28H26N2O3. The molecule has 0 fully saturated rings. The molecule has 0 unspecified atom stereocenters. The van der Waals surface area contributed by atoms with Gasteiger partial charge in [-0.2, -0.15) is 5.10 Å². The summed E-state index contributed by atoms with van der Waals surface area (Å²) in [6, 6.07) is 29.2. The Hall–Kier alpha value is -4.12. The van der Waals surface area contributed by atoms with Gasteiger partial charge >= 0.3 is 0 Å². The fraction of sp³-hybridized carbons (Fsp3) is 0.143. The number of hydrazone groups is 1. The molecule has 0 aromatic heterocycles. The van der Waals surface area contributed by atoms with Gasteiger partial charge in [-0.25, -0.2) is 5.43 Å². The van der Waals surface area contributed by atoms with Gasteiger partial charge in [0.25, 0.3) is 5.91 Å². The lowest BCUT2D eigenvalue weighted by Crippen LogP contribution is -2.24. The molecule has 0 spiro atoms. The van der Waals surface area contributed by atoms with Crippen molar-refractivity contribution in [1.82, 2.24) is 5.43 Å². The Kier molecular flexibility index (Phi) is 6.41. The third-order valence-electron chi connectivity index (χ3n) is 5.77. The van der Waals surface area contributed by atoms with Crippen molar-refractivity contribution < 1.29 is 14.6 Å². The molecule has 4 aromatic rings. The zero-order chi connectivity index (χ0) is 23.3. The summed E-state index contributed by atoms with van der Waals surface area (Å²) in [7, 11) is 0. The van der Waals surface area contributed by atoms with Gasteiger partial charge in [0.15, 0.2) is 6.61 Å². The monoisotopic (exact) mass is 438 g/mol. The number of nitrogens with zero attached hydrogens (tertiary/aromatic N) is 1. The van der Waals surface area contributed by atoms with Crippen LogP contribution in [0.4, 0.5) is 0 Å². The van der Waals surface area contributed by atoms with E-state index in [9.17, 15) is 9.90 Å². The van der Waals surface area contributed by atoms with E-state index in [2.05, 4.69) is 36.5 Å². The molecule has 0 atom stereocenters. The molecule has 0 heterocycles. The van der Waals surface area contributed by atoms with E-state index in [1.807, 2.05) is 72.8 Å². The van der Waals surface area contributed by atoms with Gasteiger partial charge in [-0.3, -0.25) is 4.79 Å². The van der Waals surface area contributed by atoms with Gasteiger partial charge in [-0.15, -0.1) is 0 Å². The average Bonchev–Trinajstić information content (AvgIpc) is 2.85. The molecule has 0 radical (unpaired) electrons. The number of hydrogen-bond donors (Lipinski definition) is 2. The van der Waals surface area contributed by atoms with E-state index in [1.54, 1.807) is 6.07 Å². The van der Waals surface area contributed by atoms with Gasteiger partial charge < -0.3 is 9.84 Å². The van der Waals surface area contributed by atoms with Crippen LogP contribution < -0.4 is 10.2 Å². The molecule has 5 nitrogen and oxygen atoms in total. The number of fused-ring (bicyclic) bond motifs is 1. The lowest BCUT2D eigenvalue weighted by molar-refractivity contribution is -0.123. The van der Waals surface area contributed by atoms with E-state index in [-0.39, 0.29) is 23.7 Å². The summed E-state index contributed by atoms with van der Waals surface area (Å²) in [5.41, 5.74) is 5.24. The van der Waals surface area contributed by atoms with Crippen molar-refractivity contribution in [3.05, 3.63) is 108 Å². The van der Waals surface area contributed by atoms with Gasteiger partial charge in [0.1, 0.15) is 11.5 Å². The second-order valence-corrected chi connectivity index (χ2v) is 8.32. The summed E-state index contributed by atoms with van der Waals surface area (Å²) >= 11 is 0. The van der Waals surface area contributed by atoms with Crippen molar-refractivity contribution in [2.75, 3.05) is 6.61 Å². The normalized spacial score (nSPS) is 11.6. The van der Waals surface area contributed by atoms with Crippen molar-refractivity contribution in [2.45, 2.75) is 19.3 Å². The lowest BCUT2D eigenvalue weighted by Gasteiger charge is -2.26. The Bertz CT molecular complexity index is 1280. The number of carbonyl (C=O) groups is 1. The van der Waals surface area contributed by atoms with Crippen LogP contribution in [0.1, 0.15) is 30.5 Å². The first-order chi connectivity index (χ1) is 15.9. The van der Waals surface area contributed by atoms with Crippen LogP contribution >= 0.6 is 0 Å². The third kappa shape index (κ3) is 5.04. The van der Waals surface area contributed by atoms with Crippen molar-refractivity contribution in [2.24, 2.45) is 5.10 Å². The molecule has 4 rings (SSSR count). The summed E-state index contributed by atoms with van der Waals surface area (Å²) in [6.45, 7) is 4.19. The minimum absolute atomic E-state index is 0.0986. The fourth-order valence-electron chi connectivity index (χ4n) is 3.76. The van der Waals surface area contributed by atoms with Crippen LogP contribution in [0.15, 0.2) is 96.1 Å². The first-order valence-corrected chi connectivity index (χ1v) is 10.8. The van der Waals surface area contributed by atoms with Gasteiger partial charge in [0.2, 0.25) is 0 Å². The Labute approximate surface area is 193 Å². The molecule has 0 aliphatic carbocycles. The first-order valence-electron chi connectivity index (χ1n) is 10.8. The topological polar surface area (TPSA) is 70.9 Å². The van der Waals surface area contributed by atoms with Crippen molar-refractivity contribution in [1.29, 1.82) is 0 Å². The second kappa shape index (κ2) is 9.57. The van der Waals surface area contributed by atoms with Gasteiger partial charge in [0, 0.05) is 11.0 Å². The molecule has 4 aromatic carbocycles. The number of phenols is 1. The van der Waals surface area contributed by atoms with Crippen LogP contribution in [0, 0.1) is 0 Å². The maximum atomic E-state index is 12.2. The van der Waals surface area contributed by atoms with Gasteiger partial charge in [-0.05, 0) is 40.1 Å². The average molecular weight is 439 g/mol. The molecule has 2 N–H and O–H groups in total. The van der Waals surface area contributed by atoms with Crippen LogP contribution in [0.2, 0.25) is 0 Å². The number of benzene rings is 4. The molecule has 0 aliphatic heterocycles. The molecule has 0 bridgehead atoms. The number of aromatic hydroxyl groups is 1. The number of phenolic OH excluding ortho intramolecular Hbond substituents is 1. The molecular weight excluding hydrogens is 412 g/mol. The third-order valence-corrected chi connectivity index (χ3v) is 5.77. The SMILES string of the molecule is CC(C)(c1ccccc1)c1ccc(OCC(=O)N/N=C/c2c(O)ccc3ccccc23)cc1. The number of amides is 1. The van der Waals surface area contributed by atoms with E-state index < -0.39 is 0 Å². The quantitative estimate of drug-likeness (QED) is 0.300. The van der Waals surface area contributed by atoms with Crippen LogP contribution in [0.5, 0.6) is 11.5 Å². The zero-order valence-corrected chi connectivity index (χ0v) is 18.7. The highest BCUT2D eigenvalue weighted by molar-refractivity contribution is 6.02. The van der Waals surface area contributed by atoms with Crippen molar-refractivity contribution in [3.8, 4) is 11.5 Å². The summed E-state index contributed by atoms with van der Waals surface area (Å²) < 4.78 is 5.60. The van der Waals surface area contributed by atoms with Crippen LogP contribution in [0.25, 0.3) is 10.8 Å². The maximum Gasteiger partial charge on any atom is 0.277 e. The predicted octanol–water partition coefficient (Wildman–Crippen LogP) is 5.40. The highest BCUT2D eigenvalue weighted by Gasteiger charge is 2.22. The summed E-state index contributed by atoms with van der Waals surface area (Å²) in [4.78, 5) is 12.2. The summed E-state index contributed by atoms with van der Waals surface area (Å²) in [5, 5.41) is 16.0. The highest BCUT2D eigenvalue weighted by Crippen LogP contribution is 2.32. The minimum Gasteiger partial charge on any atom is -0.507 e. The smallest absolute Gasteiger partial charge is 0.277 e. The lowest BCUT2D eigenvalue weighted by atomic mass is 9.78. The van der Waals surface area contributed by atoms with E-state index in [4.69, 9.17) is 4.74 Å². The molecule has 0 aliphatic rings. The van der Waals surface area contributed by atoms with E-state index in [0.717, 1.165) is 16.3 Å². The number of ether oxygens (including phenoxy) is 1. The molecule has 5 heteroatoms.